The van der Waals surface area contributed by atoms with Crippen LogP contribution in [-0.4, -0.2) is 21.9 Å². The lowest BCUT2D eigenvalue weighted by Crippen LogP contribution is -2.54. The summed E-state index contributed by atoms with van der Waals surface area (Å²) in [6, 6.07) is 0. The van der Waals surface area contributed by atoms with Crippen molar-refractivity contribution in [3.8, 4) is 0 Å². The van der Waals surface area contributed by atoms with E-state index in [2.05, 4.69) is 26.5 Å². The molecule has 3 fully saturated rings. The predicted octanol–water partition coefficient (Wildman–Crippen LogP) is 4.23. The van der Waals surface area contributed by atoms with Gasteiger partial charge in [-0.1, -0.05) is 31.6 Å². The van der Waals surface area contributed by atoms with Gasteiger partial charge in [-0.15, -0.1) is 6.58 Å². The van der Waals surface area contributed by atoms with E-state index in [0.29, 0.717) is 17.3 Å². The van der Waals surface area contributed by atoms with Crippen LogP contribution in [0.1, 0.15) is 65.2 Å². The van der Waals surface area contributed by atoms with Crippen LogP contribution in [0.3, 0.4) is 0 Å². The van der Waals surface area contributed by atoms with E-state index in [1.807, 2.05) is 6.08 Å². The highest BCUT2D eigenvalue weighted by molar-refractivity contribution is 5.27. The van der Waals surface area contributed by atoms with Gasteiger partial charge in [0, 0.05) is 5.41 Å². The molecule has 0 aromatic heterocycles. The number of hydrogen-bond acceptors (Lipinski definition) is 2. The average molecular weight is 316 g/mol. The van der Waals surface area contributed by atoms with E-state index < -0.39 is 5.60 Å². The van der Waals surface area contributed by atoms with Crippen LogP contribution in [0.15, 0.2) is 24.3 Å². The van der Waals surface area contributed by atoms with E-state index in [4.69, 9.17) is 0 Å². The second kappa shape index (κ2) is 4.95. The van der Waals surface area contributed by atoms with Gasteiger partial charge in [0.2, 0.25) is 0 Å². The second-order valence-corrected chi connectivity index (χ2v) is 9.28. The summed E-state index contributed by atoms with van der Waals surface area (Å²) in [6.45, 7) is 8.72. The Kier molecular flexibility index (Phi) is 3.42. The van der Waals surface area contributed by atoms with Crippen molar-refractivity contribution >= 4 is 0 Å². The van der Waals surface area contributed by atoms with Crippen LogP contribution in [0.25, 0.3) is 0 Å². The molecular weight excluding hydrogens is 284 g/mol. The monoisotopic (exact) mass is 316 g/mol. The molecule has 0 amide bonds. The van der Waals surface area contributed by atoms with Crippen molar-refractivity contribution in [2.45, 2.75) is 76.9 Å². The molecule has 2 heteroatoms. The quantitative estimate of drug-likeness (QED) is 0.711. The van der Waals surface area contributed by atoms with Gasteiger partial charge in [-0.2, -0.15) is 0 Å². The highest BCUT2D eigenvalue weighted by Crippen LogP contribution is 2.67. The largest absolute Gasteiger partial charge is 0.393 e. The van der Waals surface area contributed by atoms with Crippen molar-refractivity contribution in [1.82, 2.24) is 0 Å². The lowest BCUT2D eigenvalue weighted by molar-refractivity contribution is -0.101. The van der Waals surface area contributed by atoms with Gasteiger partial charge in [-0.25, -0.2) is 0 Å². The van der Waals surface area contributed by atoms with Gasteiger partial charge in [0.1, 0.15) is 0 Å². The zero-order valence-corrected chi connectivity index (χ0v) is 14.7. The topological polar surface area (TPSA) is 40.5 Å². The molecule has 0 spiro atoms. The number of rotatable bonds is 1. The normalized spacial score (nSPS) is 55.4. The minimum absolute atomic E-state index is 0.00575. The van der Waals surface area contributed by atoms with Crippen molar-refractivity contribution in [1.29, 1.82) is 0 Å². The van der Waals surface area contributed by atoms with Crippen LogP contribution in [0, 0.1) is 28.6 Å². The SMILES string of the molecule is C=C[C@]1(O)CC[C@@H]2[C@H]3CC=C4C[C@H](O)CC[C@]4(C)[C@@H]3CC[C@@]21C. The molecule has 0 heterocycles. The Morgan fingerprint density at radius 1 is 1.13 bits per heavy atom. The minimum Gasteiger partial charge on any atom is -0.393 e. The standard InChI is InChI=1S/C21H32O2/c1-4-21(23)12-9-18-16-6-5-14-13-15(22)7-10-19(14,2)17(16)8-11-20(18,21)3/h4-5,15-18,22-23H,1,6-13H2,2-3H3/t15-,16+,17-,18-,19+,20+,21+/m1/s1. The third kappa shape index (κ3) is 1.94. The molecule has 128 valence electrons. The molecule has 0 aromatic carbocycles. The fourth-order valence-electron chi connectivity index (χ4n) is 7.03. The zero-order valence-electron chi connectivity index (χ0n) is 14.7. The summed E-state index contributed by atoms with van der Waals surface area (Å²) in [5.41, 5.74) is 1.15. The third-order valence-electron chi connectivity index (χ3n) is 8.63. The molecule has 4 aliphatic carbocycles. The van der Waals surface area contributed by atoms with Crippen LogP contribution < -0.4 is 0 Å². The van der Waals surface area contributed by atoms with E-state index in [9.17, 15) is 10.2 Å². The van der Waals surface area contributed by atoms with Gasteiger partial charge in [0.15, 0.2) is 0 Å². The first-order valence-corrected chi connectivity index (χ1v) is 9.58. The van der Waals surface area contributed by atoms with E-state index in [1.54, 1.807) is 0 Å². The van der Waals surface area contributed by atoms with Gasteiger partial charge in [0.05, 0.1) is 11.7 Å². The van der Waals surface area contributed by atoms with Gasteiger partial charge in [-0.05, 0) is 74.5 Å². The zero-order chi connectivity index (χ0) is 16.5. The Bertz CT molecular complexity index is 552. The summed E-state index contributed by atoms with van der Waals surface area (Å²) in [6.07, 6.45) is 12.6. The van der Waals surface area contributed by atoms with Gasteiger partial charge < -0.3 is 10.2 Å². The maximum absolute atomic E-state index is 11.1. The first kappa shape index (κ1) is 15.9. The van der Waals surface area contributed by atoms with Crippen LogP contribution >= 0.6 is 0 Å². The lowest BCUT2D eigenvalue weighted by Gasteiger charge is -2.58. The molecule has 0 saturated heterocycles. The molecule has 3 saturated carbocycles. The summed E-state index contributed by atoms with van der Waals surface area (Å²) in [5, 5.41) is 21.2. The Labute approximate surface area is 140 Å². The lowest BCUT2D eigenvalue weighted by atomic mass is 9.47. The molecular formula is C21H32O2. The number of aliphatic hydroxyl groups excluding tert-OH is 1. The Hall–Kier alpha value is -0.600. The van der Waals surface area contributed by atoms with E-state index >= 15 is 0 Å². The number of aliphatic hydroxyl groups is 2. The van der Waals surface area contributed by atoms with Gasteiger partial charge in [-0.3, -0.25) is 0 Å². The van der Waals surface area contributed by atoms with Gasteiger partial charge >= 0.3 is 0 Å². The number of hydrogen-bond donors (Lipinski definition) is 2. The first-order valence-electron chi connectivity index (χ1n) is 9.58. The Morgan fingerprint density at radius 3 is 2.61 bits per heavy atom. The maximum atomic E-state index is 11.1. The molecule has 4 rings (SSSR count). The molecule has 2 nitrogen and oxygen atoms in total. The van der Waals surface area contributed by atoms with Crippen molar-refractivity contribution in [2.24, 2.45) is 28.6 Å². The molecule has 0 aromatic rings. The molecule has 0 radical (unpaired) electrons. The van der Waals surface area contributed by atoms with Crippen LogP contribution in [0.5, 0.6) is 0 Å². The first-order chi connectivity index (χ1) is 10.8. The van der Waals surface area contributed by atoms with Crippen molar-refractivity contribution in [3.05, 3.63) is 24.3 Å². The van der Waals surface area contributed by atoms with E-state index in [1.165, 1.54) is 12.0 Å². The fourth-order valence-corrected chi connectivity index (χ4v) is 7.03. The van der Waals surface area contributed by atoms with Crippen LogP contribution in [0.4, 0.5) is 0 Å². The van der Waals surface area contributed by atoms with Crippen LogP contribution in [0.2, 0.25) is 0 Å². The average Bonchev–Trinajstić information content (AvgIpc) is 2.80. The molecule has 7 atom stereocenters. The van der Waals surface area contributed by atoms with Crippen molar-refractivity contribution in [3.63, 3.8) is 0 Å². The molecule has 0 unspecified atom stereocenters. The van der Waals surface area contributed by atoms with Gasteiger partial charge in [0.25, 0.3) is 0 Å². The minimum atomic E-state index is -0.670. The highest BCUT2D eigenvalue weighted by atomic mass is 16.3. The third-order valence-corrected chi connectivity index (χ3v) is 8.63. The van der Waals surface area contributed by atoms with E-state index in [-0.39, 0.29) is 11.5 Å². The molecule has 2 N–H and O–H groups in total. The number of fused-ring (bicyclic) bond motifs is 5. The smallest absolute Gasteiger partial charge is 0.0881 e. The maximum Gasteiger partial charge on any atom is 0.0881 e. The second-order valence-electron chi connectivity index (χ2n) is 9.28. The van der Waals surface area contributed by atoms with E-state index in [0.717, 1.165) is 50.9 Å². The summed E-state index contributed by atoms with van der Waals surface area (Å²) >= 11 is 0. The highest BCUT2D eigenvalue weighted by Gasteiger charge is 2.62. The Morgan fingerprint density at radius 2 is 1.87 bits per heavy atom. The Balaban J connectivity index is 1.69. The number of allylic oxidation sites excluding steroid dienone is 1. The molecule has 0 bridgehead atoms. The summed E-state index contributed by atoms with van der Waals surface area (Å²) in [4.78, 5) is 0. The van der Waals surface area contributed by atoms with Crippen molar-refractivity contribution < 1.29 is 10.2 Å². The molecule has 4 aliphatic rings. The predicted molar refractivity (Wildman–Crippen MR) is 92.9 cm³/mol. The molecule has 23 heavy (non-hydrogen) atoms. The summed E-state index contributed by atoms with van der Waals surface area (Å²) in [5.74, 6) is 2.05. The summed E-state index contributed by atoms with van der Waals surface area (Å²) in [7, 11) is 0. The fraction of sp³-hybridized carbons (Fsp3) is 0.810. The summed E-state index contributed by atoms with van der Waals surface area (Å²) < 4.78 is 0. The van der Waals surface area contributed by atoms with Crippen molar-refractivity contribution in [2.75, 3.05) is 0 Å². The molecule has 0 aliphatic heterocycles. The van der Waals surface area contributed by atoms with Crippen LogP contribution in [-0.2, 0) is 0 Å².